The molecule has 0 spiro atoms. The van der Waals surface area contributed by atoms with Gasteiger partial charge in [0.2, 0.25) is 5.91 Å². The Hall–Kier alpha value is -2.86. The van der Waals surface area contributed by atoms with Crippen molar-refractivity contribution in [1.29, 1.82) is 0 Å². The van der Waals surface area contributed by atoms with Gasteiger partial charge in [-0.1, -0.05) is 12.1 Å². The predicted molar refractivity (Wildman–Crippen MR) is 111 cm³/mol. The molecule has 3 atom stereocenters. The molecular formula is C23H28N2O4. The molecule has 2 aromatic rings. The molecule has 1 fully saturated rings. The number of hydrogen-bond donors (Lipinski definition) is 3. The van der Waals surface area contributed by atoms with Crippen LogP contribution in [-0.2, 0) is 4.79 Å². The molecule has 0 radical (unpaired) electrons. The van der Waals surface area contributed by atoms with Crippen molar-refractivity contribution in [3.8, 4) is 11.5 Å². The second kappa shape index (κ2) is 9.09. The minimum absolute atomic E-state index is 0.0498. The molecule has 0 aromatic heterocycles. The largest absolute Gasteiger partial charge is 0.457 e. The molecule has 6 nitrogen and oxygen atoms in total. The number of nitrogens with one attached hydrogen (secondary N) is 2. The summed E-state index contributed by atoms with van der Waals surface area (Å²) < 4.78 is 5.80. The van der Waals surface area contributed by atoms with Crippen LogP contribution in [-0.4, -0.2) is 35.1 Å². The van der Waals surface area contributed by atoms with E-state index in [2.05, 4.69) is 10.6 Å². The number of hydrogen-bond acceptors (Lipinski definition) is 4. The summed E-state index contributed by atoms with van der Waals surface area (Å²) in [6.45, 7) is 5.79. The van der Waals surface area contributed by atoms with Crippen LogP contribution < -0.4 is 15.4 Å². The number of carbonyl (C=O) groups excluding carboxylic acids is 2. The average molecular weight is 396 g/mol. The zero-order valence-electron chi connectivity index (χ0n) is 17.0. The van der Waals surface area contributed by atoms with Gasteiger partial charge in [-0.15, -0.1) is 0 Å². The normalized spacial score (nSPS) is 21.1. The van der Waals surface area contributed by atoms with Gasteiger partial charge in [0.1, 0.15) is 11.5 Å². The van der Waals surface area contributed by atoms with Crippen LogP contribution in [0.2, 0.25) is 0 Å². The molecule has 29 heavy (non-hydrogen) atoms. The van der Waals surface area contributed by atoms with Crippen molar-refractivity contribution < 1.29 is 19.4 Å². The molecule has 0 heterocycles. The Labute approximate surface area is 171 Å². The molecule has 3 N–H and O–H groups in total. The summed E-state index contributed by atoms with van der Waals surface area (Å²) in [5, 5.41) is 16.0. The number of aryl methyl sites for hydroxylation is 1. The van der Waals surface area contributed by atoms with E-state index in [1.807, 2.05) is 45.0 Å². The third-order valence-electron chi connectivity index (χ3n) is 4.99. The first-order valence-electron chi connectivity index (χ1n) is 9.95. The molecule has 154 valence electrons. The number of aliphatic hydroxyl groups is 1. The van der Waals surface area contributed by atoms with E-state index in [4.69, 9.17) is 4.74 Å². The molecule has 0 unspecified atom stereocenters. The summed E-state index contributed by atoms with van der Waals surface area (Å²) in [7, 11) is 0. The maximum atomic E-state index is 12.6. The predicted octanol–water partition coefficient (Wildman–Crippen LogP) is 3.18. The first-order chi connectivity index (χ1) is 13.8. The van der Waals surface area contributed by atoms with Crippen molar-refractivity contribution in [2.75, 3.05) is 0 Å². The third kappa shape index (κ3) is 5.57. The fourth-order valence-corrected chi connectivity index (χ4v) is 3.53. The lowest BCUT2D eigenvalue weighted by molar-refractivity contribution is -0.125. The minimum atomic E-state index is -0.731. The molecule has 1 aliphatic rings. The fourth-order valence-electron chi connectivity index (χ4n) is 3.53. The smallest absolute Gasteiger partial charge is 0.251 e. The number of ether oxygens (including phenoxy) is 1. The maximum absolute atomic E-state index is 12.6. The van der Waals surface area contributed by atoms with Crippen LogP contribution in [0.25, 0.3) is 0 Å². The molecule has 6 heteroatoms. The first kappa shape index (κ1) is 20.9. The lowest BCUT2D eigenvalue weighted by Crippen LogP contribution is -2.40. The second-order valence-electron chi connectivity index (χ2n) is 7.92. The summed E-state index contributed by atoms with van der Waals surface area (Å²) in [6, 6.07) is 14.2. The lowest BCUT2D eigenvalue weighted by Gasteiger charge is -2.17. The number of benzene rings is 2. The summed E-state index contributed by atoms with van der Waals surface area (Å²) in [4.78, 5) is 24.7. The Morgan fingerprint density at radius 3 is 2.45 bits per heavy atom. The highest BCUT2D eigenvalue weighted by Gasteiger charge is 2.37. The van der Waals surface area contributed by atoms with Crippen LogP contribution in [0.3, 0.4) is 0 Å². The van der Waals surface area contributed by atoms with Crippen LogP contribution in [0.1, 0.15) is 42.6 Å². The Balaban J connectivity index is 1.57. The Morgan fingerprint density at radius 2 is 1.79 bits per heavy atom. The Morgan fingerprint density at radius 1 is 1.07 bits per heavy atom. The topological polar surface area (TPSA) is 87.7 Å². The standard InChI is InChI=1S/C23H28N2O4/c1-14(2)24-23(28)17-12-20(21(26)13-17)25-22(27)16-7-9-18(10-8-16)29-19-6-4-5-15(3)11-19/h4-11,14,17,20-21,26H,12-13H2,1-3H3,(H,24,28)(H,25,27)/t17-,20-,21-/m0/s1. The maximum Gasteiger partial charge on any atom is 0.251 e. The van der Waals surface area contributed by atoms with E-state index < -0.39 is 12.1 Å². The number of rotatable bonds is 6. The zero-order chi connectivity index (χ0) is 21.0. The lowest BCUT2D eigenvalue weighted by atomic mass is 10.1. The van der Waals surface area contributed by atoms with Crippen LogP contribution in [0, 0.1) is 12.8 Å². The van der Waals surface area contributed by atoms with Gasteiger partial charge in [-0.05, 0) is 75.6 Å². The van der Waals surface area contributed by atoms with Gasteiger partial charge < -0.3 is 20.5 Å². The molecule has 1 saturated carbocycles. The SMILES string of the molecule is Cc1cccc(Oc2ccc(C(=O)N[C@H]3C[C@H](C(=O)NC(C)C)C[C@@H]3O)cc2)c1. The number of amides is 2. The van der Waals surface area contributed by atoms with Gasteiger partial charge >= 0.3 is 0 Å². The molecule has 2 aromatic carbocycles. The first-order valence-corrected chi connectivity index (χ1v) is 9.95. The number of carbonyl (C=O) groups is 2. The van der Waals surface area contributed by atoms with Crippen LogP contribution in [0.5, 0.6) is 11.5 Å². The van der Waals surface area contributed by atoms with E-state index in [9.17, 15) is 14.7 Å². The Kier molecular flexibility index (Phi) is 6.54. The van der Waals surface area contributed by atoms with E-state index in [-0.39, 0.29) is 23.8 Å². The van der Waals surface area contributed by atoms with Crippen molar-refractivity contribution in [2.24, 2.45) is 5.92 Å². The quantitative estimate of drug-likeness (QED) is 0.700. The van der Waals surface area contributed by atoms with Crippen LogP contribution >= 0.6 is 0 Å². The zero-order valence-corrected chi connectivity index (χ0v) is 17.0. The highest BCUT2D eigenvalue weighted by atomic mass is 16.5. The van der Waals surface area contributed by atoms with E-state index in [0.29, 0.717) is 24.2 Å². The van der Waals surface area contributed by atoms with E-state index in [1.54, 1.807) is 24.3 Å². The van der Waals surface area contributed by atoms with Crippen LogP contribution in [0.4, 0.5) is 0 Å². The molecule has 0 saturated heterocycles. The molecule has 0 aliphatic heterocycles. The molecule has 0 bridgehead atoms. The van der Waals surface area contributed by atoms with E-state index in [0.717, 1.165) is 11.3 Å². The number of aliphatic hydroxyl groups excluding tert-OH is 1. The van der Waals surface area contributed by atoms with Gasteiger partial charge in [0, 0.05) is 17.5 Å². The highest BCUT2D eigenvalue weighted by Crippen LogP contribution is 2.27. The fraction of sp³-hybridized carbons (Fsp3) is 0.391. The third-order valence-corrected chi connectivity index (χ3v) is 4.99. The van der Waals surface area contributed by atoms with Crippen molar-refractivity contribution >= 4 is 11.8 Å². The van der Waals surface area contributed by atoms with E-state index in [1.165, 1.54) is 0 Å². The summed E-state index contributed by atoms with van der Waals surface area (Å²) in [5.41, 5.74) is 1.58. The van der Waals surface area contributed by atoms with Crippen molar-refractivity contribution in [2.45, 2.75) is 51.8 Å². The molecule has 2 amide bonds. The molecule has 3 rings (SSSR count). The van der Waals surface area contributed by atoms with Gasteiger partial charge in [0.25, 0.3) is 5.91 Å². The average Bonchev–Trinajstić information content (AvgIpc) is 3.02. The molecular weight excluding hydrogens is 368 g/mol. The Bertz CT molecular complexity index is 863. The van der Waals surface area contributed by atoms with Gasteiger partial charge in [-0.25, -0.2) is 0 Å². The van der Waals surface area contributed by atoms with Crippen molar-refractivity contribution in [3.05, 3.63) is 59.7 Å². The molecule has 1 aliphatic carbocycles. The van der Waals surface area contributed by atoms with Crippen molar-refractivity contribution in [1.82, 2.24) is 10.6 Å². The van der Waals surface area contributed by atoms with Crippen LogP contribution in [0.15, 0.2) is 48.5 Å². The summed E-state index contributed by atoms with van der Waals surface area (Å²) in [5.74, 6) is 0.734. The van der Waals surface area contributed by atoms with Gasteiger partial charge in [-0.2, -0.15) is 0 Å². The highest BCUT2D eigenvalue weighted by molar-refractivity contribution is 5.94. The second-order valence-corrected chi connectivity index (χ2v) is 7.92. The van der Waals surface area contributed by atoms with Crippen molar-refractivity contribution in [3.63, 3.8) is 0 Å². The minimum Gasteiger partial charge on any atom is -0.457 e. The van der Waals surface area contributed by atoms with Gasteiger partial charge in [0.05, 0.1) is 12.1 Å². The van der Waals surface area contributed by atoms with E-state index >= 15 is 0 Å². The van der Waals surface area contributed by atoms with Gasteiger partial charge in [-0.3, -0.25) is 9.59 Å². The monoisotopic (exact) mass is 396 g/mol. The van der Waals surface area contributed by atoms with Gasteiger partial charge in [0.15, 0.2) is 0 Å². The summed E-state index contributed by atoms with van der Waals surface area (Å²) in [6.07, 6.45) is 0.0538. The summed E-state index contributed by atoms with van der Waals surface area (Å²) >= 11 is 0.